The lowest BCUT2D eigenvalue weighted by atomic mass is 10.1. The molecule has 2 nitrogen and oxygen atoms in total. The van der Waals surface area contributed by atoms with Gasteiger partial charge in [0.15, 0.2) is 5.69 Å². The number of para-hydroxylation sites is 1. The Labute approximate surface area is 154 Å². The molecule has 26 heavy (non-hydrogen) atoms. The number of rotatable bonds is 2. The van der Waals surface area contributed by atoms with E-state index in [0.29, 0.717) is 0 Å². The maximum absolute atomic E-state index is 2.45. The molecule has 0 bridgehead atoms. The molecule has 0 atom stereocenters. The highest BCUT2D eigenvalue weighted by Crippen LogP contribution is 2.36. The maximum atomic E-state index is 2.45. The quantitative estimate of drug-likeness (QED) is 0.397. The second kappa shape index (κ2) is 5.70. The third-order valence-electron chi connectivity index (χ3n) is 5.33. The molecular weight excluding hydrogens is 316 g/mol. The van der Waals surface area contributed by atoms with Crippen molar-refractivity contribution in [1.29, 1.82) is 0 Å². The summed E-state index contributed by atoms with van der Waals surface area (Å²) in [5.74, 6) is 1.27. The van der Waals surface area contributed by atoms with Gasteiger partial charge in [-0.05, 0) is 31.0 Å². The van der Waals surface area contributed by atoms with Crippen LogP contribution >= 0.6 is 0 Å². The van der Waals surface area contributed by atoms with Gasteiger partial charge >= 0.3 is 0 Å². The molecule has 0 saturated carbocycles. The van der Waals surface area contributed by atoms with Gasteiger partial charge in [-0.3, -0.25) is 0 Å². The number of fused-ring (bicyclic) bond motifs is 3. The molecule has 5 rings (SSSR count). The summed E-state index contributed by atoms with van der Waals surface area (Å²) in [5.41, 5.74) is 9.09. The van der Waals surface area contributed by atoms with Gasteiger partial charge in [0.25, 0.3) is 5.82 Å². The predicted octanol–water partition coefficient (Wildman–Crippen LogP) is 5.08. The summed E-state index contributed by atoms with van der Waals surface area (Å²) in [5, 5.41) is 0. The summed E-state index contributed by atoms with van der Waals surface area (Å²) in [4.78, 5) is 0. The minimum atomic E-state index is 0.934. The summed E-state index contributed by atoms with van der Waals surface area (Å²) < 4.78 is 4.84. The van der Waals surface area contributed by atoms with Crippen molar-refractivity contribution < 1.29 is 4.57 Å². The first-order valence-corrected chi connectivity index (χ1v) is 9.09. The third-order valence-corrected chi connectivity index (χ3v) is 5.33. The Hall–Kier alpha value is -3.13. The Morgan fingerprint density at radius 3 is 2.23 bits per heavy atom. The van der Waals surface area contributed by atoms with E-state index >= 15 is 0 Å². The summed E-state index contributed by atoms with van der Waals surface area (Å²) in [6.45, 7) is 5.34. The second-order valence-electron chi connectivity index (χ2n) is 7.06. The summed E-state index contributed by atoms with van der Waals surface area (Å²) >= 11 is 0. The zero-order valence-corrected chi connectivity index (χ0v) is 15.1. The van der Waals surface area contributed by atoms with E-state index in [9.17, 15) is 0 Å². The first-order valence-electron chi connectivity index (χ1n) is 9.09. The van der Waals surface area contributed by atoms with E-state index in [1.54, 1.807) is 0 Å². The molecule has 0 fully saturated rings. The lowest BCUT2D eigenvalue weighted by molar-refractivity contribution is -0.670. The maximum Gasteiger partial charge on any atom is 0.295 e. The molecule has 0 aliphatic carbocycles. The number of aromatic nitrogens is 2. The van der Waals surface area contributed by atoms with Crippen LogP contribution in [0.25, 0.3) is 28.3 Å². The predicted molar refractivity (Wildman–Crippen MR) is 105 cm³/mol. The highest BCUT2D eigenvalue weighted by atomic mass is 15.2. The fourth-order valence-electron chi connectivity index (χ4n) is 4.16. The zero-order chi connectivity index (χ0) is 17.7. The summed E-state index contributed by atoms with van der Waals surface area (Å²) in [7, 11) is 0. The molecule has 1 aliphatic rings. The standard InChI is InChI=1S/C24H21N2/c1-17-9-8-10-18(2)23(17)26-22(19-11-4-3-5-12-19)16-25-15-20-13-6-7-14-21(20)24(25)26/h3-14,16H,15H2,1-2H3/q+1. The molecule has 0 radical (unpaired) electrons. The first-order chi connectivity index (χ1) is 12.7. The molecule has 1 aliphatic heterocycles. The van der Waals surface area contributed by atoms with Gasteiger partial charge in [0, 0.05) is 11.1 Å². The minimum Gasteiger partial charge on any atom is -0.225 e. The van der Waals surface area contributed by atoms with Crippen molar-refractivity contribution in [3.8, 4) is 28.3 Å². The highest BCUT2D eigenvalue weighted by molar-refractivity contribution is 5.71. The molecule has 126 valence electrons. The van der Waals surface area contributed by atoms with Crippen LogP contribution in [0.4, 0.5) is 0 Å². The molecule has 1 aromatic heterocycles. The van der Waals surface area contributed by atoms with Crippen LogP contribution in [-0.2, 0) is 6.54 Å². The van der Waals surface area contributed by atoms with Gasteiger partial charge in [0.2, 0.25) is 0 Å². The number of hydrogen-bond donors (Lipinski definition) is 0. The molecule has 2 heterocycles. The van der Waals surface area contributed by atoms with Crippen LogP contribution in [0, 0.1) is 13.8 Å². The van der Waals surface area contributed by atoms with E-state index in [2.05, 4.69) is 102 Å². The Balaban J connectivity index is 1.88. The Morgan fingerprint density at radius 1 is 0.769 bits per heavy atom. The zero-order valence-electron chi connectivity index (χ0n) is 15.1. The smallest absolute Gasteiger partial charge is 0.225 e. The van der Waals surface area contributed by atoms with Crippen molar-refractivity contribution in [3.63, 3.8) is 0 Å². The SMILES string of the molecule is Cc1cccc(C)c1-n1c(-c2ccccc2)c[n+]2c1-c1ccccc1C2. The number of nitrogens with zero attached hydrogens (tertiary/aromatic N) is 2. The van der Waals surface area contributed by atoms with Crippen LogP contribution in [-0.4, -0.2) is 4.57 Å². The Kier molecular flexibility index (Phi) is 3.32. The van der Waals surface area contributed by atoms with Gasteiger partial charge in [0.1, 0.15) is 18.4 Å². The average molecular weight is 337 g/mol. The van der Waals surface area contributed by atoms with E-state index in [4.69, 9.17) is 0 Å². The average Bonchev–Trinajstić information content (AvgIpc) is 3.19. The fourth-order valence-corrected chi connectivity index (χ4v) is 4.16. The van der Waals surface area contributed by atoms with Gasteiger partial charge < -0.3 is 0 Å². The monoisotopic (exact) mass is 337 g/mol. The van der Waals surface area contributed by atoms with E-state index in [1.807, 2.05) is 0 Å². The van der Waals surface area contributed by atoms with Crippen LogP contribution in [0.2, 0.25) is 0 Å². The highest BCUT2D eigenvalue weighted by Gasteiger charge is 2.34. The van der Waals surface area contributed by atoms with Gasteiger partial charge in [-0.15, -0.1) is 0 Å². The van der Waals surface area contributed by atoms with Crippen molar-refractivity contribution in [2.75, 3.05) is 0 Å². The van der Waals surface area contributed by atoms with Gasteiger partial charge in [-0.2, -0.15) is 4.57 Å². The molecule has 4 aromatic rings. The van der Waals surface area contributed by atoms with E-state index < -0.39 is 0 Å². The Bertz CT molecular complexity index is 1100. The third kappa shape index (κ3) is 2.15. The van der Waals surface area contributed by atoms with Gasteiger partial charge in [-0.25, -0.2) is 4.57 Å². The van der Waals surface area contributed by atoms with Crippen molar-refractivity contribution in [1.82, 2.24) is 4.57 Å². The van der Waals surface area contributed by atoms with Crippen LogP contribution in [0.1, 0.15) is 16.7 Å². The fraction of sp³-hybridized carbons (Fsp3) is 0.125. The lowest BCUT2D eigenvalue weighted by Gasteiger charge is -2.10. The van der Waals surface area contributed by atoms with Crippen LogP contribution in [0.5, 0.6) is 0 Å². The van der Waals surface area contributed by atoms with Crippen LogP contribution < -0.4 is 4.57 Å². The van der Waals surface area contributed by atoms with E-state index in [1.165, 1.54) is 45.0 Å². The summed E-state index contributed by atoms with van der Waals surface area (Å²) in [6, 6.07) is 26.0. The number of aryl methyl sites for hydroxylation is 2. The molecule has 0 amide bonds. The molecular formula is C24H21N2+. The van der Waals surface area contributed by atoms with E-state index in [0.717, 1.165) is 6.54 Å². The molecule has 0 unspecified atom stereocenters. The molecule has 3 aromatic carbocycles. The summed E-state index contributed by atoms with van der Waals surface area (Å²) in [6.07, 6.45) is 2.30. The normalized spacial score (nSPS) is 12.1. The minimum absolute atomic E-state index is 0.934. The van der Waals surface area contributed by atoms with Crippen molar-refractivity contribution in [2.45, 2.75) is 20.4 Å². The molecule has 0 saturated heterocycles. The topological polar surface area (TPSA) is 8.81 Å². The van der Waals surface area contributed by atoms with E-state index in [-0.39, 0.29) is 0 Å². The van der Waals surface area contributed by atoms with Gasteiger partial charge in [-0.1, -0.05) is 66.7 Å². The molecule has 0 spiro atoms. The second-order valence-corrected chi connectivity index (χ2v) is 7.06. The first kappa shape index (κ1) is 15.2. The largest absolute Gasteiger partial charge is 0.295 e. The number of imidazole rings is 1. The Morgan fingerprint density at radius 2 is 1.46 bits per heavy atom. The number of hydrogen-bond acceptors (Lipinski definition) is 0. The molecule has 0 N–H and O–H groups in total. The van der Waals surface area contributed by atoms with Crippen molar-refractivity contribution in [2.24, 2.45) is 0 Å². The number of benzene rings is 3. The van der Waals surface area contributed by atoms with Crippen molar-refractivity contribution in [3.05, 3.63) is 95.7 Å². The van der Waals surface area contributed by atoms with Crippen LogP contribution in [0.15, 0.2) is 79.0 Å². The van der Waals surface area contributed by atoms with Gasteiger partial charge in [0.05, 0.1) is 5.56 Å². The lowest BCUT2D eigenvalue weighted by Crippen LogP contribution is -2.30. The van der Waals surface area contributed by atoms with Crippen LogP contribution in [0.3, 0.4) is 0 Å². The van der Waals surface area contributed by atoms with Crippen molar-refractivity contribution >= 4 is 0 Å². The molecule has 2 heteroatoms.